The SMILES string of the molecule is CCOc1ccc(/C=C2\SC(=S)N(c3ccc(Cl)cc3)C2=O)cc1OCC. The minimum Gasteiger partial charge on any atom is -0.490 e. The Morgan fingerprint density at radius 2 is 1.74 bits per heavy atom. The summed E-state index contributed by atoms with van der Waals surface area (Å²) in [6.45, 7) is 4.92. The number of thiocarbonyl (C=S) groups is 1. The second-order valence-electron chi connectivity index (χ2n) is 5.57. The number of carbonyl (C=O) groups excluding carboxylic acids is 1. The molecule has 1 aliphatic heterocycles. The van der Waals surface area contributed by atoms with Crippen LogP contribution in [0.15, 0.2) is 47.4 Å². The summed E-state index contributed by atoms with van der Waals surface area (Å²) >= 11 is 12.6. The number of thioether (sulfide) groups is 1. The molecule has 1 heterocycles. The van der Waals surface area contributed by atoms with Gasteiger partial charge >= 0.3 is 0 Å². The molecular weight excluding hydrogens is 402 g/mol. The van der Waals surface area contributed by atoms with Crippen LogP contribution in [0.3, 0.4) is 0 Å². The van der Waals surface area contributed by atoms with Crippen molar-refractivity contribution in [3.8, 4) is 11.5 Å². The van der Waals surface area contributed by atoms with E-state index in [9.17, 15) is 4.79 Å². The number of hydrogen-bond acceptors (Lipinski definition) is 5. The highest BCUT2D eigenvalue weighted by atomic mass is 35.5. The van der Waals surface area contributed by atoms with Gasteiger partial charge in [-0.1, -0.05) is 41.6 Å². The van der Waals surface area contributed by atoms with Crippen molar-refractivity contribution in [2.75, 3.05) is 18.1 Å². The van der Waals surface area contributed by atoms with Gasteiger partial charge in [0.2, 0.25) is 0 Å². The summed E-state index contributed by atoms with van der Waals surface area (Å²) in [6, 6.07) is 12.6. The van der Waals surface area contributed by atoms with Crippen molar-refractivity contribution < 1.29 is 14.3 Å². The second kappa shape index (κ2) is 8.78. The van der Waals surface area contributed by atoms with Crippen molar-refractivity contribution in [2.24, 2.45) is 0 Å². The zero-order valence-electron chi connectivity index (χ0n) is 14.9. The molecule has 0 saturated carbocycles. The van der Waals surface area contributed by atoms with Crippen LogP contribution in [0.25, 0.3) is 6.08 Å². The molecule has 0 bridgehead atoms. The molecule has 0 aromatic heterocycles. The number of amides is 1. The highest BCUT2D eigenvalue weighted by Gasteiger charge is 2.33. The Bertz CT molecular complexity index is 897. The van der Waals surface area contributed by atoms with Crippen molar-refractivity contribution in [1.29, 1.82) is 0 Å². The first-order valence-electron chi connectivity index (χ1n) is 8.46. The topological polar surface area (TPSA) is 38.8 Å². The molecule has 0 atom stereocenters. The number of halogens is 1. The van der Waals surface area contributed by atoms with Crippen molar-refractivity contribution in [2.45, 2.75) is 13.8 Å². The van der Waals surface area contributed by atoms with Crippen molar-refractivity contribution in [3.63, 3.8) is 0 Å². The Morgan fingerprint density at radius 1 is 1.07 bits per heavy atom. The Kier molecular flexibility index (Phi) is 6.42. The molecule has 0 unspecified atom stereocenters. The van der Waals surface area contributed by atoms with E-state index in [0.29, 0.717) is 44.6 Å². The molecule has 3 rings (SSSR count). The van der Waals surface area contributed by atoms with E-state index in [1.165, 1.54) is 16.7 Å². The number of ether oxygens (including phenoxy) is 2. The normalized spacial score (nSPS) is 15.5. The maximum atomic E-state index is 12.8. The largest absolute Gasteiger partial charge is 0.490 e. The van der Waals surface area contributed by atoms with Crippen LogP contribution in [-0.2, 0) is 4.79 Å². The van der Waals surface area contributed by atoms with E-state index in [1.807, 2.05) is 38.1 Å². The van der Waals surface area contributed by atoms with E-state index in [2.05, 4.69) is 0 Å². The van der Waals surface area contributed by atoms with Crippen LogP contribution in [0, 0.1) is 0 Å². The van der Waals surface area contributed by atoms with E-state index < -0.39 is 0 Å². The Labute approximate surface area is 173 Å². The molecule has 1 aliphatic rings. The summed E-state index contributed by atoms with van der Waals surface area (Å²) < 4.78 is 11.7. The third-order valence-corrected chi connectivity index (χ3v) is 5.30. The van der Waals surface area contributed by atoms with Crippen LogP contribution in [0.2, 0.25) is 5.02 Å². The van der Waals surface area contributed by atoms with E-state index in [4.69, 9.17) is 33.3 Å². The van der Waals surface area contributed by atoms with Crippen LogP contribution in [0.4, 0.5) is 5.69 Å². The monoisotopic (exact) mass is 419 g/mol. The van der Waals surface area contributed by atoms with Gasteiger partial charge in [0.25, 0.3) is 5.91 Å². The number of benzene rings is 2. The van der Waals surface area contributed by atoms with Crippen LogP contribution in [0.5, 0.6) is 11.5 Å². The second-order valence-corrected chi connectivity index (χ2v) is 7.68. The predicted molar refractivity (Wildman–Crippen MR) is 116 cm³/mol. The van der Waals surface area contributed by atoms with Gasteiger partial charge in [0.05, 0.1) is 23.8 Å². The summed E-state index contributed by atoms with van der Waals surface area (Å²) in [4.78, 5) is 14.9. The van der Waals surface area contributed by atoms with Crippen LogP contribution in [0.1, 0.15) is 19.4 Å². The molecule has 0 N–H and O–H groups in total. The summed E-state index contributed by atoms with van der Waals surface area (Å²) in [6.07, 6.45) is 1.81. The van der Waals surface area contributed by atoms with Crippen molar-refractivity contribution >= 4 is 57.6 Å². The Balaban J connectivity index is 1.89. The van der Waals surface area contributed by atoms with E-state index in [1.54, 1.807) is 24.3 Å². The number of carbonyl (C=O) groups is 1. The highest BCUT2D eigenvalue weighted by molar-refractivity contribution is 8.27. The van der Waals surface area contributed by atoms with Crippen LogP contribution in [-0.4, -0.2) is 23.4 Å². The lowest BCUT2D eigenvalue weighted by Crippen LogP contribution is -2.27. The minimum atomic E-state index is -0.154. The zero-order valence-corrected chi connectivity index (χ0v) is 17.3. The average molecular weight is 420 g/mol. The molecule has 0 aliphatic carbocycles. The third kappa shape index (κ3) is 4.46. The van der Waals surface area contributed by atoms with Crippen LogP contribution < -0.4 is 14.4 Å². The fourth-order valence-corrected chi connectivity index (χ4v) is 4.01. The maximum Gasteiger partial charge on any atom is 0.270 e. The lowest BCUT2D eigenvalue weighted by molar-refractivity contribution is -0.113. The third-order valence-electron chi connectivity index (χ3n) is 3.74. The van der Waals surface area contributed by atoms with Gasteiger partial charge in [-0.15, -0.1) is 0 Å². The molecule has 1 fully saturated rings. The maximum absolute atomic E-state index is 12.8. The van der Waals surface area contributed by atoms with E-state index in [0.717, 1.165) is 5.56 Å². The van der Waals surface area contributed by atoms with Gasteiger partial charge in [0, 0.05) is 5.02 Å². The van der Waals surface area contributed by atoms with Gasteiger partial charge in [0.15, 0.2) is 15.8 Å². The van der Waals surface area contributed by atoms with Crippen LogP contribution >= 0.6 is 35.6 Å². The van der Waals surface area contributed by atoms with Crippen molar-refractivity contribution in [3.05, 3.63) is 58.0 Å². The predicted octanol–water partition coefficient (Wildman–Crippen LogP) is 5.54. The van der Waals surface area contributed by atoms with E-state index in [-0.39, 0.29) is 5.91 Å². The molecular formula is C20H18ClNO3S2. The summed E-state index contributed by atoms with van der Waals surface area (Å²) in [5.74, 6) is 1.19. The number of nitrogens with zero attached hydrogens (tertiary/aromatic N) is 1. The average Bonchev–Trinajstić information content (AvgIpc) is 2.92. The first kappa shape index (κ1) is 19.7. The van der Waals surface area contributed by atoms with E-state index >= 15 is 0 Å². The summed E-state index contributed by atoms with van der Waals surface area (Å²) in [7, 11) is 0. The Morgan fingerprint density at radius 3 is 2.41 bits per heavy atom. The fraction of sp³-hybridized carbons (Fsp3) is 0.200. The van der Waals surface area contributed by atoms with Gasteiger partial charge < -0.3 is 9.47 Å². The minimum absolute atomic E-state index is 0.154. The summed E-state index contributed by atoms with van der Waals surface area (Å²) in [5.41, 5.74) is 1.55. The zero-order chi connectivity index (χ0) is 19.4. The number of anilines is 1. The fourth-order valence-electron chi connectivity index (χ4n) is 2.59. The number of hydrogen-bond donors (Lipinski definition) is 0. The smallest absolute Gasteiger partial charge is 0.270 e. The molecule has 140 valence electrons. The Hall–Kier alpha value is -2.02. The number of rotatable bonds is 6. The van der Waals surface area contributed by atoms with Gasteiger partial charge in [0.1, 0.15) is 0 Å². The molecule has 0 spiro atoms. The standard InChI is InChI=1S/C20H18ClNO3S2/c1-3-24-16-10-5-13(11-17(16)25-4-2)12-18-19(23)22(20(26)27-18)15-8-6-14(21)7-9-15/h5-12H,3-4H2,1-2H3/b18-12-. The summed E-state index contributed by atoms with van der Waals surface area (Å²) in [5, 5.41) is 0.609. The lowest BCUT2D eigenvalue weighted by atomic mass is 10.1. The molecule has 0 radical (unpaired) electrons. The molecule has 2 aromatic carbocycles. The highest BCUT2D eigenvalue weighted by Crippen LogP contribution is 2.37. The first-order valence-corrected chi connectivity index (χ1v) is 10.1. The van der Waals surface area contributed by atoms with Crippen molar-refractivity contribution in [1.82, 2.24) is 0 Å². The molecule has 4 nitrogen and oxygen atoms in total. The molecule has 7 heteroatoms. The van der Waals surface area contributed by atoms with Gasteiger partial charge in [-0.05, 0) is 61.9 Å². The quantitative estimate of drug-likeness (QED) is 0.453. The first-order chi connectivity index (χ1) is 13.0. The molecule has 27 heavy (non-hydrogen) atoms. The molecule has 1 amide bonds. The van der Waals surface area contributed by atoms with Gasteiger partial charge in [-0.25, -0.2) is 0 Å². The molecule has 1 saturated heterocycles. The lowest BCUT2D eigenvalue weighted by Gasteiger charge is -2.14. The van der Waals surface area contributed by atoms with Gasteiger partial charge in [-0.3, -0.25) is 9.69 Å². The van der Waals surface area contributed by atoms with Gasteiger partial charge in [-0.2, -0.15) is 0 Å². The molecule has 2 aromatic rings.